The number of rotatable bonds is 4. The molecular formula is C12H14ClF4NO. The van der Waals surface area contributed by atoms with Gasteiger partial charge in [0.25, 0.3) is 0 Å². The highest BCUT2D eigenvalue weighted by atomic mass is 35.5. The predicted molar refractivity (Wildman–Crippen MR) is 66.7 cm³/mol. The first-order chi connectivity index (χ1) is 8.19. The lowest BCUT2D eigenvalue weighted by Gasteiger charge is -2.14. The average Bonchev–Trinajstić information content (AvgIpc) is 2.18. The number of nitrogens with two attached hydrogens (primary N) is 1. The molecule has 2 nitrogen and oxygen atoms in total. The highest BCUT2D eigenvalue weighted by Crippen LogP contribution is 2.28. The maximum atomic E-state index is 13.4. The Hall–Kier alpha value is -1.27. The van der Waals surface area contributed by atoms with Gasteiger partial charge in [0.05, 0.1) is 0 Å². The highest BCUT2D eigenvalue weighted by molar-refractivity contribution is 5.85. The summed E-state index contributed by atoms with van der Waals surface area (Å²) in [6.45, 7) is 5.42. The molecule has 1 aromatic carbocycles. The van der Waals surface area contributed by atoms with Crippen LogP contribution in [0.5, 0.6) is 5.75 Å². The molecule has 7 heteroatoms. The molecule has 0 aliphatic carbocycles. The molecule has 0 radical (unpaired) electrons. The molecule has 0 aromatic heterocycles. The van der Waals surface area contributed by atoms with Crippen LogP contribution in [0.15, 0.2) is 30.4 Å². The molecule has 0 bridgehead atoms. The van der Waals surface area contributed by atoms with Crippen LogP contribution in [0, 0.1) is 5.82 Å². The fraction of sp³-hybridized carbons (Fsp3) is 0.333. The van der Waals surface area contributed by atoms with Crippen molar-refractivity contribution in [3.63, 3.8) is 0 Å². The molecule has 0 unspecified atom stereocenters. The third kappa shape index (κ3) is 5.94. The number of alkyl halides is 3. The van der Waals surface area contributed by atoms with Gasteiger partial charge in [0, 0.05) is 6.04 Å². The van der Waals surface area contributed by atoms with Crippen LogP contribution < -0.4 is 10.5 Å². The van der Waals surface area contributed by atoms with E-state index in [1.807, 2.05) is 0 Å². The fourth-order valence-electron chi connectivity index (χ4n) is 1.45. The minimum absolute atomic E-state index is 0. The van der Waals surface area contributed by atoms with E-state index in [0.29, 0.717) is 12.0 Å². The lowest BCUT2D eigenvalue weighted by Crippen LogP contribution is -2.18. The second kappa shape index (κ2) is 6.77. The molecule has 19 heavy (non-hydrogen) atoms. The van der Waals surface area contributed by atoms with E-state index in [0.717, 1.165) is 17.7 Å². The Morgan fingerprint density at radius 2 is 2.00 bits per heavy atom. The molecule has 2 N–H and O–H groups in total. The van der Waals surface area contributed by atoms with Gasteiger partial charge in [-0.1, -0.05) is 11.6 Å². The number of benzene rings is 1. The molecular weight excluding hydrogens is 286 g/mol. The van der Waals surface area contributed by atoms with E-state index < -0.39 is 24.0 Å². The van der Waals surface area contributed by atoms with E-state index in [1.165, 1.54) is 6.07 Å². The smallest absolute Gasteiger partial charge is 0.403 e. The van der Waals surface area contributed by atoms with Crippen LogP contribution in [0.2, 0.25) is 0 Å². The van der Waals surface area contributed by atoms with Gasteiger partial charge in [-0.3, -0.25) is 0 Å². The van der Waals surface area contributed by atoms with Gasteiger partial charge < -0.3 is 10.5 Å². The third-order valence-electron chi connectivity index (χ3n) is 2.18. The zero-order valence-electron chi connectivity index (χ0n) is 10.1. The summed E-state index contributed by atoms with van der Waals surface area (Å²) in [4.78, 5) is 0. The normalized spacial score (nSPS) is 12.5. The standard InChI is InChI=1S/C12H13F4NO.ClH/c1-7(2)5-10(17)8-3-4-11(9(13)6-8)18-12(14,15)16;/h3-4,6,10H,1,5,17H2,2H3;1H/t10-;/m0./s1. The Morgan fingerprint density at radius 1 is 1.42 bits per heavy atom. The highest BCUT2D eigenvalue weighted by Gasteiger charge is 2.32. The Labute approximate surface area is 114 Å². The molecule has 0 saturated carbocycles. The van der Waals surface area contributed by atoms with Gasteiger partial charge in [-0.25, -0.2) is 4.39 Å². The van der Waals surface area contributed by atoms with Gasteiger partial charge in [0.15, 0.2) is 11.6 Å². The summed E-state index contributed by atoms with van der Waals surface area (Å²) in [7, 11) is 0. The minimum atomic E-state index is -4.91. The first-order valence-corrected chi connectivity index (χ1v) is 5.14. The summed E-state index contributed by atoms with van der Waals surface area (Å²) in [5.41, 5.74) is 6.95. The van der Waals surface area contributed by atoms with Crippen LogP contribution >= 0.6 is 12.4 Å². The van der Waals surface area contributed by atoms with Crippen molar-refractivity contribution < 1.29 is 22.3 Å². The van der Waals surface area contributed by atoms with Crippen LogP contribution in [0.1, 0.15) is 24.9 Å². The molecule has 1 atom stereocenters. The summed E-state index contributed by atoms with van der Waals surface area (Å²) in [5.74, 6) is -1.96. The molecule has 0 saturated heterocycles. The zero-order valence-corrected chi connectivity index (χ0v) is 10.9. The van der Waals surface area contributed by atoms with Crippen molar-refractivity contribution in [1.82, 2.24) is 0 Å². The molecule has 0 heterocycles. The zero-order chi connectivity index (χ0) is 13.9. The van der Waals surface area contributed by atoms with Crippen molar-refractivity contribution in [2.45, 2.75) is 25.7 Å². The summed E-state index contributed by atoms with van der Waals surface area (Å²) in [6.07, 6.45) is -4.49. The Bertz CT molecular complexity index is 448. The first kappa shape index (κ1) is 17.7. The van der Waals surface area contributed by atoms with Gasteiger partial charge in [-0.05, 0) is 31.0 Å². The van der Waals surface area contributed by atoms with E-state index in [9.17, 15) is 17.6 Å². The van der Waals surface area contributed by atoms with Crippen LogP contribution in [-0.2, 0) is 0 Å². The second-order valence-electron chi connectivity index (χ2n) is 4.01. The Balaban J connectivity index is 0.00000324. The van der Waals surface area contributed by atoms with Gasteiger partial charge in [0.2, 0.25) is 0 Å². The Morgan fingerprint density at radius 3 is 2.42 bits per heavy atom. The SMILES string of the molecule is C=C(C)C[C@H](N)c1ccc(OC(F)(F)F)c(F)c1.Cl. The molecule has 1 aromatic rings. The first-order valence-electron chi connectivity index (χ1n) is 5.14. The van der Waals surface area contributed by atoms with Crippen molar-refractivity contribution in [1.29, 1.82) is 0 Å². The van der Waals surface area contributed by atoms with Crippen LogP contribution in [-0.4, -0.2) is 6.36 Å². The monoisotopic (exact) mass is 299 g/mol. The maximum absolute atomic E-state index is 13.4. The van der Waals surface area contributed by atoms with Crippen LogP contribution in [0.25, 0.3) is 0 Å². The number of ether oxygens (including phenoxy) is 1. The summed E-state index contributed by atoms with van der Waals surface area (Å²) >= 11 is 0. The van der Waals surface area contributed by atoms with Crippen LogP contribution in [0.4, 0.5) is 17.6 Å². The summed E-state index contributed by atoms with van der Waals surface area (Å²) in [5, 5.41) is 0. The summed E-state index contributed by atoms with van der Waals surface area (Å²) < 4.78 is 52.7. The lowest BCUT2D eigenvalue weighted by molar-refractivity contribution is -0.275. The van der Waals surface area contributed by atoms with E-state index in [-0.39, 0.29) is 12.4 Å². The maximum Gasteiger partial charge on any atom is 0.573 e. The van der Waals surface area contributed by atoms with E-state index in [1.54, 1.807) is 6.92 Å². The van der Waals surface area contributed by atoms with E-state index >= 15 is 0 Å². The van der Waals surface area contributed by atoms with Crippen molar-refractivity contribution in [3.8, 4) is 5.75 Å². The third-order valence-corrected chi connectivity index (χ3v) is 2.18. The van der Waals surface area contributed by atoms with E-state index in [2.05, 4.69) is 11.3 Å². The topological polar surface area (TPSA) is 35.2 Å². The van der Waals surface area contributed by atoms with Gasteiger partial charge in [0.1, 0.15) is 0 Å². The average molecular weight is 300 g/mol. The number of halogens is 5. The molecule has 0 aliphatic rings. The van der Waals surface area contributed by atoms with Crippen molar-refractivity contribution in [2.75, 3.05) is 0 Å². The molecule has 1 rings (SSSR count). The molecule has 0 amide bonds. The molecule has 0 aliphatic heterocycles. The van der Waals surface area contributed by atoms with Gasteiger partial charge in [-0.15, -0.1) is 32.2 Å². The number of hydrogen-bond acceptors (Lipinski definition) is 2. The number of hydrogen-bond donors (Lipinski definition) is 1. The molecule has 0 fully saturated rings. The van der Waals surface area contributed by atoms with Gasteiger partial charge >= 0.3 is 6.36 Å². The quantitative estimate of drug-likeness (QED) is 0.671. The van der Waals surface area contributed by atoms with Crippen LogP contribution in [0.3, 0.4) is 0 Å². The fourth-order valence-corrected chi connectivity index (χ4v) is 1.45. The summed E-state index contributed by atoms with van der Waals surface area (Å²) in [6, 6.07) is 2.65. The van der Waals surface area contributed by atoms with Crippen molar-refractivity contribution in [2.24, 2.45) is 5.73 Å². The van der Waals surface area contributed by atoms with Crippen molar-refractivity contribution in [3.05, 3.63) is 41.7 Å². The largest absolute Gasteiger partial charge is 0.573 e. The van der Waals surface area contributed by atoms with Crippen molar-refractivity contribution >= 4 is 12.4 Å². The molecule has 0 spiro atoms. The van der Waals surface area contributed by atoms with Gasteiger partial charge in [-0.2, -0.15) is 0 Å². The van der Waals surface area contributed by atoms with E-state index in [4.69, 9.17) is 5.73 Å². The predicted octanol–water partition coefficient (Wildman–Crippen LogP) is 4.11. The lowest BCUT2D eigenvalue weighted by atomic mass is 10.0. The minimum Gasteiger partial charge on any atom is -0.403 e. The second-order valence-corrected chi connectivity index (χ2v) is 4.01. The molecule has 108 valence electrons. The Kier molecular flexibility index (Phi) is 6.32.